The quantitative estimate of drug-likeness (QED) is 0.692. The molecule has 15 heavy (non-hydrogen) atoms. The fraction of sp³-hybridized carbons (Fsp3) is 0.700. The smallest absolute Gasteiger partial charge is 0.326 e. The first-order valence-electron chi connectivity index (χ1n) is 4.97. The Balaban J connectivity index is 2.46. The average Bonchev–Trinajstić information content (AvgIpc) is 2.99. The number of hydrogen-bond donors (Lipinski definition) is 2. The van der Waals surface area contributed by atoms with E-state index in [1.807, 2.05) is 6.07 Å². The Labute approximate surface area is 88.1 Å². The minimum atomic E-state index is -1.08. The maximum absolute atomic E-state index is 11.3. The van der Waals surface area contributed by atoms with Gasteiger partial charge in [-0.1, -0.05) is 0 Å². The molecule has 0 heterocycles. The molecule has 1 amide bonds. The molecule has 0 aromatic rings. The first-order valence-corrected chi connectivity index (χ1v) is 4.97. The Morgan fingerprint density at radius 3 is 2.60 bits per heavy atom. The highest BCUT2D eigenvalue weighted by atomic mass is 16.4. The molecule has 0 bridgehead atoms. The van der Waals surface area contributed by atoms with Crippen molar-refractivity contribution in [3.63, 3.8) is 0 Å². The third-order valence-corrected chi connectivity index (χ3v) is 2.37. The van der Waals surface area contributed by atoms with E-state index in [2.05, 4.69) is 5.32 Å². The molecule has 1 rings (SSSR count). The Morgan fingerprint density at radius 2 is 2.20 bits per heavy atom. The minimum Gasteiger partial charge on any atom is -0.480 e. The second kappa shape index (κ2) is 4.78. The lowest BCUT2D eigenvalue weighted by Crippen LogP contribution is -2.42. The number of aliphatic carboxylic acids is 1. The number of carboxylic acids is 1. The number of hydrogen-bond acceptors (Lipinski definition) is 3. The van der Waals surface area contributed by atoms with Gasteiger partial charge in [0.2, 0.25) is 5.91 Å². The zero-order valence-corrected chi connectivity index (χ0v) is 8.56. The van der Waals surface area contributed by atoms with E-state index in [0.717, 1.165) is 12.8 Å². The van der Waals surface area contributed by atoms with Crippen LogP contribution in [0.1, 0.15) is 26.2 Å². The van der Waals surface area contributed by atoms with Crippen LogP contribution in [0, 0.1) is 23.2 Å². The third kappa shape index (κ3) is 3.58. The molecule has 1 saturated carbocycles. The molecule has 0 aromatic carbocycles. The van der Waals surface area contributed by atoms with E-state index in [4.69, 9.17) is 10.4 Å². The van der Waals surface area contributed by atoms with Gasteiger partial charge in [-0.15, -0.1) is 0 Å². The molecule has 0 unspecified atom stereocenters. The van der Waals surface area contributed by atoms with Crippen LogP contribution in [0.25, 0.3) is 0 Å². The predicted molar refractivity (Wildman–Crippen MR) is 51.7 cm³/mol. The molecular weight excluding hydrogens is 196 g/mol. The summed E-state index contributed by atoms with van der Waals surface area (Å²) in [6.07, 6.45) is 1.84. The molecule has 1 aliphatic rings. The van der Waals surface area contributed by atoms with Crippen LogP contribution in [0.3, 0.4) is 0 Å². The molecule has 5 nitrogen and oxygen atoms in total. The number of nitrogens with zero attached hydrogens (tertiary/aromatic N) is 1. The summed E-state index contributed by atoms with van der Waals surface area (Å²) in [5, 5.41) is 19.9. The highest BCUT2D eigenvalue weighted by Gasteiger charge is 2.32. The fourth-order valence-corrected chi connectivity index (χ4v) is 1.26. The van der Waals surface area contributed by atoms with Crippen LogP contribution in [0.2, 0.25) is 0 Å². The highest BCUT2D eigenvalue weighted by Crippen LogP contribution is 2.29. The maximum atomic E-state index is 11.3. The second-order valence-corrected chi connectivity index (χ2v) is 3.94. The molecule has 82 valence electrons. The normalized spacial score (nSPS) is 18.7. The molecule has 0 saturated heterocycles. The van der Waals surface area contributed by atoms with E-state index in [9.17, 15) is 9.59 Å². The largest absolute Gasteiger partial charge is 0.480 e. The van der Waals surface area contributed by atoms with Gasteiger partial charge < -0.3 is 10.4 Å². The van der Waals surface area contributed by atoms with E-state index in [-0.39, 0.29) is 24.2 Å². The van der Waals surface area contributed by atoms with Crippen LogP contribution in [0.5, 0.6) is 0 Å². The standard InChI is InChI=1S/C10H14N2O3/c1-6(5-11)4-8(10(14)15)12-9(13)7-2-3-7/h6-8H,2-4H2,1H3,(H,12,13)(H,14,15)/t6-,8+/m1/s1. The molecular formula is C10H14N2O3. The van der Waals surface area contributed by atoms with Crippen molar-refractivity contribution in [1.82, 2.24) is 5.32 Å². The average molecular weight is 210 g/mol. The summed E-state index contributed by atoms with van der Waals surface area (Å²) < 4.78 is 0. The molecule has 0 radical (unpaired) electrons. The molecule has 2 N–H and O–H groups in total. The van der Waals surface area contributed by atoms with Gasteiger partial charge in [0.25, 0.3) is 0 Å². The topological polar surface area (TPSA) is 90.2 Å². The maximum Gasteiger partial charge on any atom is 0.326 e. The van der Waals surface area contributed by atoms with Gasteiger partial charge in [-0.3, -0.25) is 4.79 Å². The SMILES string of the molecule is C[C@@H](C#N)C[C@H](NC(=O)C1CC1)C(=O)O. The monoisotopic (exact) mass is 210 g/mol. The first-order chi connectivity index (χ1) is 7.04. The van der Waals surface area contributed by atoms with Crippen molar-refractivity contribution < 1.29 is 14.7 Å². The van der Waals surface area contributed by atoms with Crippen LogP contribution < -0.4 is 5.32 Å². The molecule has 2 atom stereocenters. The van der Waals surface area contributed by atoms with Gasteiger partial charge in [-0.05, 0) is 26.2 Å². The molecule has 5 heteroatoms. The van der Waals surface area contributed by atoms with Gasteiger partial charge in [0.1, 0.15) is 6.04 Å². The number of rotatable bonds is 5. The molecule has 1 fully saturated rings. The van der Waals surface area contributed by atoms with Crippen LogP contribution in [-0.4, -0.2) is 23.0 Å². The van der Waals surface area contributed by atoms with Gasteiger partial charge in [-0.25, -0.2) is 4.79 Å². The summed E-state index contributed by atoms with van der Waals surface area (Å²) in [5.74, 6) is -1.66. The molecule has 0 spiro atoms. The Kier molecular flexibility index (Phi) is 3.67. The van der Waals surface area contributed by atoms with Gasteiger partial charge in [0.05, 0.1) is 6.07 Å². The van der Waals surface area contributed by atoms with Crippen molar-refractivity contribution in [2.75, 3.05) is 0 Å². The minimum absolute atomic E-state index is 0.00996. The summed E-state index contributed by atoms with van der Waals surface area (Å²) in [6, 6.07) is 1.02. The number of carbonyl (C=O) groups is 2. The predicted octanol–water partition coefficient (Wildman–Crippen LogP) is 0.516. The van der Waals surface area contributed by atoms with E-state index in [1.54, 1.807) is 6.92 Å². The first kappa shape index (κ1) is 11.5. The van der Waals surface area contributed by atoms with Gasteiger partial charge >= 0.3 is 5.97 Å². The van der Waals surface area contributed by atoms with E-state index < -0.39 is 12.0 Å². The van der Waals surface area contributed by atoms with E-state index >= 15 is 0 Å². The number of carboxylic acid groups (broad SMARTS) is 1. The van der Waals surface area contributed by atoms with Crippen molar-refractivity contribution in [3.8, 4) is 6.07 Å². The summed E-state index contributed by atoms with van der Waals surface area (Å²) in [7, 11) is 0. The number of amides is 1. The third-order valence-electron chi connectivity index (χ3n) is 2.37. The number of nitriles is 1. The van der Waals surface area contributed by atoms with Crippen LogP contribution in [0.4, 0.5) is 0 Å². The Hall–Kier alpha value is -1.57. The lowest BCUT2D eigenvalue weighted by Gasteiger charge is -2.14. The molecule has 0 aromatic heterocycles. The number of nitrogens with one attached hydrogen (secondary N) is 1. The van der Waals surface area contributed by atoms with Crippen molar-refractivity contribution >= 4 is 11.9 Å². The van der Waals surface area contributed by atoms with Gasteiger partial charge in [-0.2, -0.15) is 5.26 Å². The second-order valence-electron chi connectivity index (χ2n) is 3.94. The van der Waals surface area contributed by atoms with E-state index in [1.165, 1.54) is 0 Å². The van der Waals surface area contributed by atoms with Crippen molar-refractivity contribution in [3.05, 3.63) is 0 Å². The van der Waals surface area contributed by atoms with Gasteiger partial charge in [0, 0.05) is 11.8 Å². The molecule has 1 aliphatic carbocycles. The lowest BCUT2D eigenvalue weighted by molar-refractivity contribution is -0.142. The summed E-state index contributed by atoms with van der Waals surface area (Å²) in [6.45, 7) is 1.64. The van der Waals surface area contributed by atoms with Crippen LogP contribution in [0.15, 0.2) is 0 Å². The van der Waals surface area contributed by atoms with Crippen LogP contribution in [-0.2, 0) is 9.59 Å². The lowest BCUT2D eigenvalue weighted by atomic mass is 10.0. The fourth-order valence-electron chi connectivity index (χ4n) is 1.26. The van der Waals surface area contributed by atoms with Crippen molar-refractivity contribution in [1.29, 1.82) is 5.26 Å². The zero-order chi connectivity index (χ0) is 11.4. The zero-order valence-electron chi connectivity index (χ0n) is 8.56. The Morgan fingerprint density at radius 1 is 1.60 bits per heavy atom. The van der Waals surface area contributed by atoms with E-state index in [0.29, 0.717) is 0 Å². The Bertz CT molecular complexity index is 304. The number of carbonyl (C=O) groups excluding carboxylic acids is 1. The highest BCUT2D eigenvalue weighted by molar-refractivity contribution is 5.86. The summed E-state index contributed by atoms with van der Waals surface area (Å²) >= 11 is 0. The van der Waals surface area contributed by atoms with Gasteiger partial charge in [0.15, 0.2) is 0 Å². The summed E-state index contributed by atoms with van der Waals surface area (Å²) in [4.78, 5) is 22.1. The van der Waals surface area contributed by atoms with Crippen molar-refractivity contribution in [2.45, 2.75) is 32.2 Å². The summed E-state index contributed by atoms with van der Waals surface area (Å²) in [5.41, 5.74) is 0. The van der Waals surface area contributed by atoms with Crippen molar-refractivity contribution in [2.24, 2.45) is 11.8 Å². The van der Waals surface area contributed by atoms with Crippen LogP contribution >= 0.6 is 0 Å². The molecule has 0 aliphatic heterocycles.